The molecule has 0 spiro atoms. The first-order chi connectivity index (χ1) is 4.20. The lowest BCUT2D eigenvalue weighted by molar-refractivity contribution is 0.524. The number of nitrogens with one attached hydrogen (secondary N) is 1. The molecule has 0 fully saturated rings. The Morgan fingerprint density at radius 3 is 3.00 bits per heavy atom. The highest BCUT2D eigenvalue weighted by Crippen LogP contribution is 2.05. The van der Waals surface area contributed by atoms with Crippen molar-refractivity contribution in [1.82, 2.24) is 5.32 Å². The van der Waals surface area contributed by atoms with E-state index in [0.717, 1.165) is 6.20 Å². The zero-order chi connectivity index (χ0) is 6.85. The van der Waals surface area contributed by atoms with Crippen molar-refractivity contribution in [3.63, 3.8) is 0 Å². The van der Waals surface area contributed by atoms with Gasteiger partial charge in [-0.25, -0.2) is 9.38 Å². The average Bonchev–Trinajstić information content (AvgIpc) is 1.80. The van der Waals surface area contributed by atoms with Crippen LogP contribution in [-0.2, 0) is 0 Å². The summed E-state index contributed by atoms with van der Waals surface area (Å²) in [6.45, 7) is 1.67. The molecule has 0 bridgehead atoms. The van der Waals surface area contributed by atoms with Crippen molar-refractivity contribution in [3.05, 3.63) is 12.0 Å². The summed E-state index contributed by atoms with van der Waals surface area (Å²) in [4.78, 5) is 3.51. The van der Waals surface area contributed by atoms with Crippen LogP contribution in [0.4, 0.5) is 4.39 Å². The van der Waals surface area contributed by atoms with Gasteiger partial charge in [0.2, 0.25) is 0 Å². The highest BCUT2D eigenvalue weighted by Gasteiger charge is 2.11. The standard InChI is InChI=1S/C5H8FN3/c1-3-4(6)2-8-5(7)9-3/h2-3H,1H3,(H3,7,8,9). The molecule has 0 saturated carbocycles. The molecule has 0 amide bonds. The number of hydrogen-bond donors (Lipinski definition) is 2. The number of guanidine groups is 1. The molecule has 9 heavy (non-hydrogen) atoms. The van der Waals surface area contributed by atoms with Gasteiger partial charge in [-0.3, -0.25) is 0 Å². The van der Waals surface area contributed by atoms with Crippen molar-refractivity contribution in [2.45, 2.75) is 13.0 Å². The molecule has 0 aromatic carbocycles. The van der Waals surface area contributed by atoms with E-state index in [1.165, 1.54) is 0 Å². The summed E-state index contributed by atoms with van der Waals surface area (Å²) in [5.74, 6) is -0.0203. The number of rotatable bonds is 0. The first kappa shape index (κ1) is 6.07. The second-order valence-corrected chi connectivity index (χ2v) is 1.89. The molecule has 1 unspecified atom stereocenters. The largest absolute Gasteiger partial charge is 0.370 e. The summed E-state index contributed by atoms with van der Waals surface area (Å²) < 4.78 is 12.4. The normalized spacial score (nSPS) is 26.2. The fourth-order valence-electron chi connectivity index (χ4n) is 0.571. The lowest BCUT2D eigenvalue weighted by Gasteiger charge is -2.14. The zero-order valence-corrected chi connectivity index (χ0v) is 5.06. The number of nitrogens with zero attached hydrogens (tertiary/aromatic N) is 1. The molecule has 50 valence electrons. The van der Waals surface area contributed by atoms with Crippen molar-refractivity contribution in [3.8, 4) is 0 Å². The van der Waals surface area contributed by atoms with E-state index in [1.54, 1.807) is 6.92 Å². The Morgan fingerprint density at radius 2 is 2.56 bits per heavy atom. The van der Waals surface area contributed by atoms with E-state index in [4.69, 9.17) is 5.73 Å². The van der Waals surface area contributed by atoms with Gasteiger partial charge in [-0.15, -0.1) is 0 Å². The van der Waals surface area contributed by atoms with E-state index in [-0.39, 0.29) is 17.8 Å². The van der Waals surface area contributed by atoms with Gasteiger partial charge in [-0.1, -0.05) is 0 Å². The van der Waals surface area contributed by atoms with Crippen molar-refractivity contribution >= 4 is 5.96 Å². The van der Waals surface area contributed by atoms with Crippen molar-refractivity contribution in [2.24, 2.45) is 10.7 Å². The monoisotopic (exact) mass is 129 g/mol. The van der Waals surface area contributed by atoms with Crippen LogP contribution in [-0.4, -0.2) is 12.0 Å². The molecule has 4 heteroatoms. The fraction of sp³-hybridized carbons (Fsp3) is 0.400. The maximum Gasteiger partial charge on any atom is 0.193 e. The average molecular weight is 129 g/mol. The number of halogens is 1. The summed E-state index contributed by atoms with van der Waals surface area (Å²) in [5, 5.41) is 2.61. The van der Waals surface area contributed by atoms with Crippen LogP contribution in [0, 0.1) is 0 Å². The Hall–Kier alpha value is -1.06. The van der Waals surface area contributed by atoms with Crippen LogP contribution in [0.25, 0.3) is 0 Å². The molecule has 1 aliphatic rings. The van der Waals surface area contributed by atoms with Crippen molar-refractivity contribution in [1.29, 1.82) is 0 Å². The van der Waals surface area contributed by atoms with Gasteiger partial charge in [-0.05, 0) is 6.92 Å². The van der Waals surface area contributed by atoms with Crippen molar-refractivity contribution in [2.75, 3.05) is 0 Å². The van der Waals surface area contributed by atoms with Gasteiger partial charge < -0.3 is 11.1 Å². The van der Waals surface area contributed by atoms with Crippen molar-refractivity contribution < 1.29 is 4.39 Å². The first-order valence-corrected chi connectivity index (χ1v) is 2.65. The molecule has 0 saturated heterocycles. The van der Waals surface area contributed by atoms with E-state index in [2.05, 4.69) is 10.3 Å². The van der Waals surface area contributed by atoms with E-state index >= 15 is 0 Å². The zero-order valence-electron chi connectivity index (χ0n) is 5.06. The fourth-order valence-corrected chi connectivity index (χ4v) is 0.571. The van der Waals surface area contributed by atoms with Gasteiger partial charge in [-0.2, -0.15) is 0 Å². The Balaban J connectivity index is 2.74. The molecule has 1 heterocycles. The molecule has 0 aliphatic carbocycles. The minimum absolute atomic E-state index is 0.268. The second kappa shape index (κ2) is 2.05. The van der Waals surface area contributed by atoms with Gasteiger partial charge in [0.05, 0.1) is 12.2 Å². The SMILES string of the molecule is CC1NC(N)=NC=C1F. The number of hydrogen-bond acceptors (Lipinski definition) is 3. The van der Waals surface area contributed by atoms with E-state index in [0.29, 0.717) is 0 Å². The number of nitrogens with two attached hydrogens (primary N) is 1. The summed E-state index contributed by atoms with van der Waals surface area (Å²) in [5.41, 5.74) is 5.22. The molecule has 0 radical (unpaired) electrons. The molecule has 1 rings (SSSR count). The van der Waals surface area contributed by atoms with Gasteiger partial charge in [0.25, 0.3) is 0 Å². The smallest absolute Gasteiger partial charge is 0.193 e. The predicted octanol–water partition coefficient (Wildman–Crippen LogP) is 0.104. The second-order valence-electron chi connectivity index (χ2n) is 1.89. The maximum absolute atomic E-state index is 12.4. The number of aliphatic imine (C=N–C) groups is 1. The van der Waals surface area contributed by atoms with Gasteiger partial charge in [0.15, 0.2) is 5.96 Å². The molecular formula is C5H8FN3. The summed E-state index contributed by atoms with van der Waals surface area (Å²) >= 11 is 0. The molecule has 0 aromatic heterocycles. The van der Waals surface area contributed by atoms with Crippen LogP contribution in [0.5, 0.6) is 0 Å². The highest BCUT2D eigenvalue weighted by molar-refractivity contribution is 5.79. The van der Waals surface area contributed by atoms with Crippen LogP contribution in [0.1, 0.15) is 6.92 Å². The minimum Gasteiger partial charge on any atom is -0.370 e. The molecule has 1 atom stereocenters. The Labute approximate surface area is 52.5 Å². The maximum atomic E-state index is 12.4. The molecule has 3 nitrogen and oxygen atoms in total. The highest BCUT2D eigenvalue weighted by atomic mass is 19.1. The van der Waals surface area contributed by atoms with Crippen LogP contribution in [0.15, 0.2) is 17.0 Å². The molecular weight excluding hydrogens is 121 g/mol. The van der Waals surface area contributed by atoms with E-state index < -0.39 is 0 Å². The first-order valence-electron chi connectivity index (χ1n) is 2.65. The third kappa shape index (κ3) is 1.19. The Kier molecular flexibility index (Phi) is 1.38. The lowest BCUT2D eigenvalue weighted by atomic mass is 10.3. The summed E-state index contributed by atoms with van der Waals surface area (Å²) in [6.07, 6.45) is 1.12. The van der Waals surface area contributed by atoms with Crippen LogP contribution in [0.3, 0.4) is 0 Å². The van der Waals surface area contributed by atoms with Gasteiger partial charge in [0.1, 0.15) is 5.83 Å². The molecule has 0 aromatic rings. The molecule has 3 N–H and O–H groups in total. The summed E-state index contributed by atoms with van der Waals surface area (Å²) in [7, 11) is 0. The van der Waals surface area contributed by atoms with Gasteiger partial charge in [0, 0.05) is 0 Å². The lowest BCUT2D eigenvalue weighted by Crippen LogP contribution is -2.40. The van der Waals surface area contributed by atoms with Gasteiger partial charge >= 0.3 is 0 Å². The predicted molar refractivity (Wildman–Crippen MR) is 33.4 cm³/mol. The van der Waals surface area contributed by atoms with E-state index in [1.807, 2.05) is 0 Å². The third-order valence-corrected chi connectivity index (χ3v) is 1.11. The Bertz CT molecular complexity index is 173. The Morgan fingerprint density at radius 1 is 1.89 bits per heavy atom. The van der Waals surface area contributed by atoms with Crippen LogP contribution >= 0.6 is 0 Å². The van der Waals surface area contributed by atoms with Crippen LogP contribution < -0.4 is 11.1 Å². The quantitative estimate of drug-likeness (QED) is 0.487. The minimum atomic E-state index is -0.331. The topological polar surface area (TPSA) is 50.4 Å². The van der Waals surface area contributed by atoms with E-state index in [9.17, 15) is 4.39 Å². The van der Waals surface area contributed by atoms with Crippen LogP contribution in [0.2, 0.25) is 0 Å². The third-order valence-electron chi connectivity index (χ3n) is 1.11. The molecule has 1 aliphatic heterocycles. The summed E-state index contributed by atoms with van der Waals surface area (Å²) in [6, 6.07) is -0.331.